The van der Waals surface area contributed by atoms with E-state index in [9.17, 15) is 8.42 Å². The summed E-state index contributed by atoms with van der Waals surface area (Å²) in [5, 5.41) is 0.261. The number of aryl methyl sites for hydroxylation is 1. The zero-order chi connectivity index (χ0) is 17.3. The highest BCUT2D eigenvalue weighted by atomic mass is 35.5. The maximum absolute atomic E-state index is 13.1. The number of likely N-dealkylation sites (N-methyl/N-ethyl adjacent to an activating group) is 1. The lowest BCUT2D eigenvalue weighted by Gasteiger charge is -2.37. The molecule has 2 aliphatic heterocycles. The first kappa shape index (κ1) is 17.5. The average Bonchev–Trinajstić information content (AvgIpc) is 3.05. The molecule has 0 atom stereocenters. The molecular formula is C16H23ClN4O2S. The Kier molecular flexibility index (Phi) is 5.03. The minimum absolute atomic E-state index is 0.150. The minimum Gasteiger partial charge on any atom is -0.339 e. The molecule has 0 spiro atoms. The standard InChI is InChI=1S/C16H23ClN4O2S/c1-3-19-8-10-20(11-9-19)16-18-6-7-21(16)24(22,23)15-5-4-13(2)12-14(15)17/h4-5,12H,3,6-11H2,1-2H3. The summed E-state index contributed by atoms with van der Waals surface area (Å²) in [6.07, 6.45) is 0. The van der Waals surface area contributed by atoms with E-state index in [0.717, 1.165) is 38.3 Å². The summed E-state index contributed by atoms with van der Waals surface area (Å²) in [5.74, 6) is 0.558. The Morgan fingerprint density at radius 3 is 2.50 bits per heavy atom. The molecule has 0 N–H and O–H groups in total. The zero-order valence-electron chi connectivity index (χ0n) is 14.1. The number of sulfonamides is 1. The van der Waals surface area contributed by atoms with Crippen LogP contribution in [0.1, 0.15) is 12.5 Å². The van der Waals surface area contributed by atoms with Crippen LogP contribution in [-0.2, 0) is 10.0 Å². The molecule has 0 aromatic heterocycles. The van der Waals surface area contributed by atoms with E-state index in [0.29, 0.717) is 19.0 Å². The molecule has 1 aromatic carbocycles. The van der Waals surface area contributed by atoms with Crippen molar-refractivity contribution in [1.29, 1.82) is 0 Å². The quantitative estimate of drug-likeness (QED) is 0.811. The maximum Gasteiger partial charge on any atom is 0.268 e. The van der Waals surface area contributed by atoms with Crippen molar-refractivity contribution in [3.8, 4) is 0 Å². The van der Waals surface area contributed by atoms with E-state index >= 15 is 0 Å². The first-order valence-corrected chi connectivity index (χ1v) is 10.1. The molecule has 0 aliphatic carbocycles. The number of benzene rings is 1. The van der Waals surface area contributed by atoms with Crippen LogP contribution in [0.25, 0.3) is 0 Å². The summed E-state index contributed by atoms with van der Waals surface area (Å²) < 4.78 is 27.5. The smallest absolute Gasteiger partial charge is 0.268 e. The minimum atomic E-state index is -3.69. The van der Waals surface area contributed by atoms with Gasteiger partial charge in [0, 0.05) is 26.2 Å². The second kappa shape index (κ2) is 6.90. The molecule has 1 fully saturated rings. The van der Waals surface area contributed by atoms with Gasteiger partial charge in [-0.05, 0) is 31.2 Å². The Bertz CT molecular complexity index is 742. The summed E-state index contributed by atoms with van der Waals surface area (Å²) in [5.41, 5.74) is 0.935. The van der Waals surface area contributed by atoms with Gasteiger partial charge in [0.1, 0.15) is 4.90 Å². The molecule has 1 aromatic rings. The molecule has 2 heterocycles. The van der Waals surface area contributed by atoms with Gasteiger partial charge in [-0.25, -0.2) is 12.7 Å². The van der Waals surface area contributed by atoms with Gasteiger partial charge in [-0.2, -0.15) is 0 Å². The SMILES string of the molecule is CCN1CCN(C2=NCCN2S(=O)(=O)c2ccc(C)cc2Cl)CC1. The number of hydrogen-bond donors (Lipinski definition) is 0. The molecule has 2 aliphatic rings. The zero-order valence-corrected chi connectivity index (χ0v) is 15.6. The van der Waals surface area contributed by atoms with E-state index in [1.54, 1.807) is 18.2 Å². The Balaban J connectivity index is 1.84. The maximum atomic E-state index is 13.1. The summed E-state index contributed by atoms with van der Waals surface area (Å²) >= 11 is 6.20. The fourth-order valence-electron chi connectivity index (χ4n) is 3.10. The largest absolute Gasteiger partial charge is 0.339 e. The second-order valence-corrected chi connectivity index (χ2v) is 8.35. The lowest BCUT2D eigenvalue weighted by molar-refractivity contribution is 0.184. The van der Waals surface area contributed by atoms with Gasteiger partial charge in [-0.15, -0.1) is 0 Å². The predicted molar refractivity (Wildman–Crippen MR) is 96.1 cm³/mol. The molecule has 3 rings (SSSR count). The second-order valence-electron chi connectivity index (χ2n) is 6.11. The van der Waals surface area contributed by atoms with Crippen LogP contribution in [-0.4, -0.2) is 74.3 Å². The Labute approximate surface area is 148 Å². The van der Waals surface area contributed by atoms with Gasteiger partial charge in [0.15, 0.2) is 0 Å². The van der Waals surface area contributed by atoms with E-state index in [1.165, 1.54) is 4.31 Å². The fraction of sp³-hybridized carbons (Fsp3) is 0.562. The number of halogens is 1. The topological polar surface area (TPSA) is 56.2 Å². The monoisotopic (exact) mass is 370 g/mol. The van der Waals surface area contributed by atoms with Crippen LogP contribution < -0.4 is 0 Å². The van der Waals surface area contributed by atoms with E-state index in [4.69, 9.17) is 11.6 Å². The molecule has 0 bridgehead atoms. The summed E-state index contributed by atoms with van der Waals surface area (Å²) in [6.45, 7) is 9.34. The van der Waals surface area contributed by atoms with Crippen molar-refractivity contribution in [3.05, 3.63) is 28.8 Å². The van der Waals surface area contributed by atoms with Crippen molar-refractivity contribution in [3.63, 3.8) is 0 Å². The van der Waals surface area contributed by atoms with Gasteiger partial charge in [-0.1, -0.05) is 24.6 Å². The predicted octanol–water partition coefficient (Wildman–Crippen LogP) is 1.65. The first-order chi connectivity index (χ1) is 11.4. The van der Waals surface area contributed by atoms with Crippen molar-refractivity contribution >= 4 is 27.6 Å². The number of rotatable bonds is 3. The summed E-state index contributed by atoms with van der Waals surface area (Å²) in [7, 11) is -3.69. The molecule has 8 heteroatoms. The molecule has 132 valence electrons. The van der Waals surface area contributed by atoms with Crippen LogP contribution in [0.2, 0.25) is 5.02 Å². The summed E-state index contributed by atoms with van der Waals surface area (Å²) in [6, 6.07) is 5.03. The van der Waals surface area contributed by atoms with Crippen molar-refractivity contribution < 1.29 is 8.42 Å². The molecule has 24 heavy (non-hydrogen) atoms. The Hall–Kier alpha value is -1.31. The van der Waals surface area contributed by atoms with E-state index in [1.807, 2.05) is 6.92 Å². The van der Waals surface area contributed by atoms with Crippen LogP contribution in [0.4, 0.5) is 0 Å². The van der Waals surface area contributed by atoms with Crippen LogP contribution in [0.15, 0.2) is 28.1 Å². The van der Waals surface area contributed by atoms with Crippen LogP contribution >= 0.6 is 11.6 Å². The van der Waals surface area contributed by atoms with Crippen molar-refractivity contribution in [2.75, 3.05) is 45.8 Å². The molecule has 0 amide bonds. The third kappa shape index (κ3) is 3.25. The highest BCUT2D eigenvalue weighted by molar-refractivity contribution is 7.89. The van der Waals surface area contributed by atoms with Crippen molar-refractivity contribution in [1.82, 2.24) is 14.1 Å². The van der Waals surface area contributed by atoms with E-state index in [2.05, 4.69) is 21.7 Å². The lowest BCUT2D eigenvalue weighted by atomic mass is 10.2. The highest BCUT2D eigenvalue weighted by Crippen LogP contribution is 2.27. The first-order valence-electron chi connectivity index (χ1n) is 8.24. The van der Waals surface area contributed by atoms with Gasteiger partial charge in [0.2, 0.25) is 5.96 Å². The third-order valence-electron chi connectivity index (χ3n) is 4.54. The van der Waals surface area contributed by atoms with Gasteiger partial charge >= 0.3 is 0 Å². The fourth-order valence-corrected chi connectivity index (χ4v) is 5.12. The number of piperazine rings is 1. The molecular weight excluding hydrogens is 348 g/mol. The van der Waals surface area contributed by atoms with Gasteiger partial charge < -0.3 is 9.80 Å². The average molecular weight is 371 g/mol. The van der Waals surface area contributed by atoms with Crippen LogP contribution in [0.5, 0.6) is 0 Å². The van der Waals surface area contributed by atoms with Gasteiger partial charge in [-0.3, -0.25) is 4.99 Å². The van der Waals surface area contributed by atoms with Crippen molar-refractivity contribution in [2.24, 2.45) is 4.99 Å². The molecule has 6 nitrogen and oxygen atoms in total. The van der Waals surface area contributed by atoms with E-state index < -0.39 is 10.0 Å². The molecule has 0 unspecified atom stereocenters. The van der Waals surface area contributed by atoms with Crippen LogP contribution in [0.3, 0.4) is 0 Å². The third-order valence-corrected chi connectivity index (χ3v) is 6.80. The van der Waals surface area contributed by atoms with E-state index in [-0.39, 0.29) is 9.92 Å². The number of nitrogens with zero attached hydrogens (tertiary/aromatic N) is 4. The van der Waals surface area contributed by atoms with Gasteiger partial charge in [0.05, 0.1) is 18.1 Å². The number of aliphatic imine (C=N–C) groups is 1. The number of hydrogen-bond acceptors (Lipinski definition) is 5. The van der Waals surface area contributed by atoms with Crippen LogP contribution in [0, 0.1) is 6.92 Å². The normalized spacial score (nSPS) is 19.7. The molecule has 0 radical (unpaired) electrons. The Morgan fingerprint density at radius 1 is 1.17 bits per heavy atom. The molecule has 0 saturated carbocycles. The number of guanidine groups is 1. The summed E-state index contributed by atoms with van der Waals surface area (Å²) in [4.78, 5) is 9.03. The highest BCUT2D eigenvalue weighted by Gasteiger charge is 2.35. The Morgan fingerprint density at radius 2 is 1.88 bits per heavy atom. The van der Waals surface area contributed by atoms with Gasteiger partial charge in [0.25, 0.3) is 10.0 Å². The lowest BCUT2D eigenvalue weighted by Crippen LogP contribution is -2.53. The molecule has 1 saturated heterocycles. The van der Waals surface area contributed by atoms with Crippen molar-refractivity contribution in [2.45, 2.75) is 18.7 Å².